The summed E-state index contributed by atoms with van der Waals surface area (Å²) in [6.45, 7) is 9.13. The van der Waals surface area contributed by atoms with Crippen LogP contribution in [-0.4, -0.2) is 25.9 Å². The van der Waals surface area contributed by atoms with Crippen molar-refractivity contribution in [1.29, 1.82) is 0 Å². The van der Waals surface area contributed by atoms with Crippen molar-refractivity contribution in [3.63, 3.8) is 0 Å². The van der Waals surface area contributed by atoms with Gasteiger partial charge < -0.3 is 9.64 Å². The van der Waals surface area contributed by atoms with Gasteiger partial charge in [0.15, 0.2) is 0 Å². The van der Waals surface area contributed by atoms with Crippen LogP contribution in [0.3, 0.4) is 0 Å². The molecule has 0 saturated heterocycles. The first-order valence-electron chi connectivity index (χ1n) is 8.88. The second-order valence-corrected chi connectivity index (χ2v) is 7.70. The van der Waals surface area contributed by atoms with Crippen molar-refractivity contribution < 1.29 is 4.74 Å². The number of aryl methyl sites for hydroxylation is 1. The van der Waals surface area contributed by atoms with Crippen molar-refractivity contribution in [2.24, 2.45) is 4.99 Å². The molecule has 2 aromatic rings. The van der Waals surface area contributed by atoms with Crippen LogP contribution in [0, 0.1) is 6.92 Å². The lowest BCUT2D eigenvalue weighted by Gasteiger charge is -2.45. The van der Waals surface area contributed by atoms with Gasteiger partial charge >= 0.3 is 0 Å². The molecule has 0 spiro atoms. The van der Waals surface area contributed by atoms with Crippen LogP contribution < -0.4 is 9.64 Å². The molecule has 3 rings (SSSR count). The van der Waals surface area contributed by atoms with Crippen LogP contribution in [0.4, 0.5) is 11.4 Å². The van der Waals surface area contributed by atoms with Crippen molar-refractivity contribution in [1.82, 2.24) is 0 Å². The lowest BCUT2D eigenvalue weighted by Crippen LogP contribution is -2.45. The van der Waals surface area contributed by atoms with Gasteiger partial charge in [-0.2, -0.15) is 0 Å². The van der Waals surface area contributed by atoms with Crippen LogP contribution in [0.25, 0.3) is 0 Å². The number of hydrogen-bond donors (Lipinski definition) is 0. The minimum absolute atomic E-state index is 0.192. The van der Waals surface area contributed by atoms with Crippen molar-refractivity contribution in [3.05, 3.63) is 53.1 Å². The van der Waals surface area contributed by atoms with Crippen molar-refractivity contribution in [2.75, 3.05) is 19.1 Å². The van der Waals surface area contributed by atoms with Gasteiger partial charge in [0.25, 0.3) is 0 Å². The van der Waals surface area contributed by atoms with Gasteiger partial charge in [0, 0.05) is 24.5 Å². The molecule has 1 atom stereocenters. The number of hydrogen-bond acceptors (Lipinski definition) is 3. The SMILES string of the molecule is COc1ccc(N=Cc2cc3c(cc2C)N(C)C(C)(C)CC3C)cc1. The molecule has 0 saturated carbocycles. The highest BCUT2D eigenvalue weighted by atomic mass is 16.5. The third kappa shape index (κ3) is 3.41. The number of anilines is 1. The first-order chi connectivity index (χ1) is 11.8. The fourth-order valence-corrected chi connectivity index (χ4v) is 3.69. The Morgan fingerprint density at radius 3 is 2.52 bits per heavy atom. The molecule has 0 amide bonds. The van der Waals surface area contributed by atoms with Crippen LogP contribution in [0.15, 0.2) is 41.4 Å². The third-order valence-corrected chi connectivity index (χ3v) is 5.45. The molecule has 0 aromatic heterocycles. The van der Waals surface area contributed by atoms with Crippen LogP contribution >= 0.6 is 0 Å². The highest BCUT2D eigenvalue weighted by Gasteiger charge is 2.34. The number of aliphatic imine (C=N–C) groups is 1. The van der Waals surface area contributed by atoms with Gasteiger partial charge in [-0.05, 0) is 86.2 Å². The molecule has 3 heteroatoms. The molecule has 0 radical (unpaired) electrons. The molecule has 132 valence electrons. The van der Waals surface area contributed by atoms with E-state index in [0.717, 1.165) is 17.9 Å². The standard InChI is InChI=1S/C22H28N2O/c1-15-11-21-20(16(2)13-22(3,4)24(21)5)12-17(15)14-23-18-7-9-19(25-6)10-8-18/h7-12,14,16H,13H2,1-6H3. The molecule has 3 nitrogen and oxygen atoms in total. The molecule has 1 aliphatic rings. The number of nitrogens with zero attached hydrogens (tertiary/aromatic N) is 2. The monoisotopic (exact) mass is 336 g/mol. The van der Waals surface area contributed by atoms with Gasteiger partial charge in [-0.3, -0.25) is 4.99 Å². The third-order valence-electron chi connectivity index (χ3n) is 5.45. The minimum atomic E-state index is 0.192. The summed E-state index contributed by atoms with van der Waals surface area (Å²) in [4.78, 5) is 7.06. The quantitative estimate of drug-likeness (QED) is 0.694. The summed E-state index contributed by atoms with van der Waals surface area (Å²) in [5.74, 6) is 1.40. The maximum Gasteiger partial charge on any atom is 0.119 e. The second kappa shape index (κ2) is 6.55. The Morgan fingerprint density at radius 1 is 1.20 bits per heavy atom. The van der Waals surface area contributed by atoms with Crippen LogP contribution in [0.2, 0.25) is 0 Å². The summed E-state index contributed by atoms with van der Waals surface area (Å²) in [6.07, 6.45) is 3.14. The Balaban J connectivity index is 1.93. The maximum absolute atomic E-state index is 5.20. The van der Waals surface area contributed by atoms with Crippen LogP contribution in [0.1, 0.15) is 49.8 Å². The average Bonchev–Trinajstić information content (AvgIpc) is 2.58. The second-order valence-electron chi connectivity index (χ2n) is 7.70. The minimum Gasteiger partial charge on any atom is -0.497 e. The number of methoxy groups -OCH3 is 1. The van der Waals surface area contributed by atoms with Crippen molar-refractivity contribution in [3.8, 4) is 5.75 Å². The number of rotatable bonds is 3. The molecular formula is C22H28N2O. The number of benzene rings is 2. The number of fused-ring (bicyclic) bond motifs is 1. The van der Waals surface area contributed by atoms with Crippen LogP contribution in [0.5, 0.6) is 5.75 Å². The fourth-order valence-electron chi connectivity index (χ4n) is 3.69. The Labute approximate surface area is 151 Å². The Bertz CT molecular complexity index is 790. The van der Waals surface area contributed by atoms with Gasteiger partial charge in [0.2, 0.25) is 0 Å². The lowest BCUT2D eigenvalue weighted by molar-refractivity contribution is 0.395. The lowest BCUT2D eigenvalue weighted by atomic mass is 9.79. The van der Waals surface area contributed by atoms with Crippen molar-refractivity contribution in [2.45, 2.75) is 45.6 Å². The summed E-state index contributed by atoms with van der Waals surface area (Å²) in [6, 6.07) is 12.4. The van der Waals surface area contributed by atoms with E-state index < -0.39 is 0 Å². The maximum atomic E-state index is 5.20. The summed E-state index contributed by atoms with van der Waals surface area (Å²) in [5.41, 5.74) is 6.34. The normalized spacial score (nSPS) is 19.1. The summed E-state index contributed by atoms with van der Waals surface area (Å²) >= 11 is 0. The Morgan fingerprint density at radius 2 is 1.88 bits per heavy atom. The zero-order valence-electron chi connectivity index (χ0n) is 16.1. The molecule has 1 heterocycles. The predicted octanol–water partition coefficient (Wildman–Crippen LogP) is 5.48. The zero-order valence-corrected chi connectivity index (χ0v) is 16.1. The molecule has 2 aromatic carbocycles. The molecular weight excluding hydrogens is 308 g/mol. The topological polar surface area (TPSA) is 24.8 Å². The summed E-state index contributed by atoms with van der Waals surface area (Å²) < 4.78 is 5.20. The highest BCUT2D eigenvalue weighted by Crippen LogP contribution is 2.43. The van der Waals surface area contributed by atoms with Gasteiger partial charge in [0.1, 0.15) is 5.75 Å². The van der Waals surface area contributed by atoms with E-state index in [4.69, 9.17) is 4.74 Å². The molecule has 0 aliphatic carbocycles. The molecule has 0 fully saturated rings. The average molecular weight is 336 g/mol. The van der Waals surface area contributed by atoms with E-state index in [1.54, 1.807) is 7.11 Å². The van der Waals surface area contributed by atoms with Gasteiger partial charge in [-0.15, -0.1) is 0 Å². The van der Waals surface area contributed by atoms with Crippen LogP contribution in [-0.2, 0) is 0 Å². The van der Waals surface area contributed by atoms with Gasteiger partial charge in [-0.1, -0.05) is 6.92 Å². The molecule has 1 aliphatic heterocycles. The fraction of sp³-hybridized carbons (Fsp3) is 0.409. The van der Waals surface area contributed by atoms with E-state index in [9.17, 15) is 0 Å². The number of ether oxygens (including phenoxy) is 1. The molecule has 0 bridgehead atoms. The molecule has 0 N–H and O–H groups in total. The van der Waals surface area contributed by atoms with E-state index in [1.165, 1.54) is 22.4 Å². The summed E-state index contributed by atoms with van der Waals surface area (Å²) in [5, 5.41) is 0. The summed E-state index contributed by atoms with van der Waals surface area (Å²) in [7, 11) is 3.88. The van der Waals surface area contributed by atoms with Gasteiger partial charge in [-0.25, -0.2) is 0 Å². The zero-order chi connectivity index (χ0) is 18.2. The highest BCUT2D eigenvalue weighted by molar-refractivity contribution is 5.86. The van der Waals surface area contributed by atoms with E-state index >= 15 is 0 Å². The van der Waals surface area contributed by atoms with E-state index in [2.05, 4.69) is 56.8 Å². The van der Waals surface area contributed by atoms with E-state index in [-0.39, 0.29) is 5.54 Å². The van der Waals surface area contributed by atoms with E-state index in [1.807, 2.05) is 30.5 Å². The predicted molar refractivity (Wildman–Crippen MR) is 107 cm³/mol. The first kappa shape index (κ1) is 17.5. The van der Waals surface area contributed by atoms with Crippen molar-refractivity contribution >= 4 is 17.6 Å². The Hall–Kier alpha value is -2.29. The molecule has 25 heavy (non-hydrogen) atoms. The Kier molecular flexibility index (Phi) is 4.59. The molecule has 1 unspecified atom stereocenters. The smallest absolute Gasteiger partial charge is 0.119 e. The van der Waals surface area contributed by atoms with E-state index in [0.29, 0.717) is 5.92 Å². The first-order valence-corrected chi connectivity index (χ1v) is 8.88. The van der Waals surface area contributed by atoms with Gasteiger partial charge in [0.05, 0.1) is 12.8 Å². The largest absolute Gasteiger partial charge is 0.497 e.